The third-order valence-corrected chi connectivity index (χ3v) is 6.04. The molecule has 1 aliphatic rings. The van der Waals surface area contributed by atoms with Crippen molar-refractivity contribution >= 4 is 26.7 Å². The summed E-state index contributed by atoms with van der Waals surface area (Å²) in [4.78, 5) is 19.4. The molecule has 1 amide bonds. The lowest BCUT2D eigenvalue weighted by Gasteiger charge is -2.41. The number of hydrogen-bond donors (Lipinski definition) is 2. The monoisotopic (exact) mass is 390 g/mol. The molecule has 3 N–H and O–H groups in total. The SMILES string of the molecule is CC(C)(C)N1CCC(NC(=O)c2nccc3c(S(N)(=O)=O)cccc23)CC1. The molecule has 0 bridgehead atoms. The normalized spacial score (nSPS) is 17.2. The molecule has 1 aromatic carbocycles. The molecule has 0 aliphatic carbocycles. The molecular weight excluding hydrogens is 364 g/mol. The Hall–Kier alpha value is -2.03. The lowest BCUT2D eigenvalue weighted by molar-refractivity contribution is 0.0810. The number of hydrogen-bond acceptors (Lipinski definition) is 5. The van der Waals surface area contributed by atoms with Gasteiger partial charge >= 0.3 is 0 Å². The van der Waals surface area contributed by atoms with E-state index in [1.807, 2.05) is 0 Å². The summed E-state index contributed by atoms with van der Waals surface area (Å²) in [5.41, 5.74) is 0.340. The summed E-state index contributed by atoms with van der Waals surface area (Å²) in [7, 11) is -3.88. The minimum atomic E-state index is -3.88. The summed E-state index contributed by atoms with van der Waals surface area (Å²) in [5, 5.41) is 9.23. The van der Waals surface area contributed by atoms with E-state index in [0.29, 0.717) is 10.8 Å². The molecule has 0 spiro atoms. The molecule has 27 heavy (non-hydrogen) atoms. The molecular formula is C19H26N4O3S. The van der Waals surface area contributed by atoms with Crippen molar-refractivity contribution in [1.29, 1.82) is 0 Å². The third kappa shape index (κ3) is 4.28. The van der Waals surface area contributed by atoms with Crippen molar-refractivity contribution in [1.82, 2.24) is 15.2 Å². The maximum absolute atomic E-state index is 12.8. The number of pyridine rings is 1. The van der Waals surface area contributed by atoms with Gasteiger partial charge in [-0.15, -0.1) is 0 Å². The highest BCUT2D eigenvalue weighted by Crippen LogP contribution is 2.25. The van der Waals surface area contributed by atoms with Crippen LogP contribution in [0.3, 0.4) is 0 Å². The topological polar surface area (TPSA) is 105 Å². The number of piperidine rings is 1. The maximum Gasteiger partial charge on any atom is 0.270 e. The third-order valence-electron chi connectivity index (χ3n) is 5.07. The molecule has 2 heterocycles. The van der Waals surface area contributed by atoms with Crippen LogP contribution in [0.25, 0.3) is 10.8 Å². The molecule has 1 saturated heterocycles. The van der Waals surface area contributed by atoms with Gasteiger partial charge in [-0.25, -0.2) is 13.6 Å². The van der Waals surface area contributed by atoms with Gasteiger partial charge in [-0.3, -0.25) is 14.7 Å². The summed E-state index contributed by atoms with van der Waals surface area (Å²) in [6, 6.07) is 6.33. The maximum atomic E-state index is 12.8. The fraction of sp³-hybridized carbons (Fsp3) is 0.474. The van der Waals surface area contributed by atoms with Gasteiger partial charge in [0.25, 0.3) is 5.91 Å². The van der Waals surface area contributed by atoms with Crippen LogP contribution >= 0.6 is 0 Å². The molecule has 146 valence electrons. The first-order valence-corrected chi connectivity index (χ1v) is 10.6. The van der Waals surface area contributed by atoms with E-state index < -0.39 is 10.0 Å². The van der Waals surface area contributed by atoms with Crippen molar-refractivity contribution in [2.24, 2.45) is 5.14 Å². The van der Waals surface area contributed by atoms with Crippen LogP contribution in [0.1, 0.15) is 44.1 Å². The highest BCUT2D eigenvalue weighted by atomic mass is 32.2. The fourth-order valence-electron chi connectivity index (χ4n) is 3.56. The van der Waals surface area contributed by atoms with E-state index in [2.05, 4.69) is 36.0 Å². The van der Waals surface area contributed by atoms with Gasteiger partial charge in [-0.05, 0) is 45.7 Å². The van der Waals surface area contributed by atoms with Crippen LogP contribution in [-0.2, 0) is 10.0 Å². The Labute approximate surface area is 160 Å². The molecule has 1 aromatic heterocycles. The van der Waals surface area contributed by atoms with E-state index >= 15 is 0 Å². The summed E-state index contributed by atoms with van der Waals surface area (Å²) < 4.78 is 23.6. The van der Waals surface area contributed by atoms with Crippen LogP contribution in [0.15, 0.2) is 35.4 Å². The molecule has 0 saturated carbocycles. The molecule has 0 radical (unpaired) electrons. The highest BCUT2D eigenvalue weighted by Gasteiger charge is 2.28. The Morgan fingerprint density at radius 1 is 1.19 bits per heavy atom. The first kappa shape index (κ1) is 19.7. The molecule has 1 fully saturated rings. The molecule has 8 heteroatoms. The van der Waals surface area contributed by atoms with Crippen molar-refractivity contribution in [3.05, 3.63) is 36.2 Å². The van der Waals surface area contributed by atoms with Gasteiger partial charge < -0.3 is 5.32 Å². The Bertz CT molecular complexity index is 959. The van der Waals surface area contributed by atoms with Gasteiger partial charge in [-0.2, -0.15) is 0 Å². The van der Waals surface area contributed by atoms with Crippen molar-refractivity contribution < 1.29 is 13.2 Å². The fourth-order valence-corrected chi connectivity index (χ4v) is 4.31. The van der Waals surface area contributed by atoms with E-state index in [9.17, 15) is 13.2 Å². The standard InChI is InChI=1S/C19H26N4O3S/c1-19(2,3)23-11-8-13(9-12-23)22-18(24)17-15-5-4-6-16(27(20,25)26)14(15)7-10-21-17/h4-7,10,13H,8-9,11-12H2,1-3H3,(H,22,24)(H2,20,25,26). The van der Waals surface area contributed by atoms with Gasteiger partial charge in [0.1, 0.15) is 5.69 Å². The predicted octanol–water partition coefficient (Wildman–Crippen LogP) is 1.87. The number of nitrogens with zero attached hydrogens (tertiary/aromatic N) is 2. The van der Waals surface area contributed by atoms with Crippen molar-refractivity contribution in [3.8, 4) is 0 Å². The number of rotatable bonds is 3. The smallest absolute Gasteiger partial charge is 0.270 e. The number of nitrogens with two attached hydrogens (primary N) is 1. The number of nitrogens with one attached hydrogen (secondary N) is 1. The number of likely N-dealkylation sites (tertiary alicyclic amines) is 1. The first-order valence-electron chi connectivity index (χ1n) is 9.04. The van der Waals surface area contributed by atoms with Gasteiger partial charge in [-0.1, -0.05) is 12.1 Å². The largest absolute Gasteiger partial charge is 0.348 e. The van der Waals surface area contributed by atoms with Crippen LogP contribution in [0.4, 0.5) is 0 Å². The molecule has 0 atom stereocenters. The van der Waals surface area contributed by atoms with Crippen LogP contribution in [0, 0.1) is 0 Å². The van der Waals surface area contributed by atoms with Gasteiger partial charge in [0, 0.05) is 41.6 Å². The molecule has 3 rings (SSSR count). The van der Waals surface area contributed by atoms with E-state index in [0.717, 1.165) is 25.9 Å². The molecule has 7 nitrogen and oxygen atoms in total. The lowest BCUT2D eigenvalue weighted by Crippen LogP contribution is -2.50. The predicted molar refractivity (Wildman–Crippen MR) is 105 cm³/mol. The van der Waals surface area contributed by atoms with Crippen LogP contribution in [-0.4, -0.2) is 48.9 Å². The van der Waals surface area contributed by atoms with Gasteiger partial charge in [0.2, 0.25) is 10.0 Å². The van der Waals surface area contributed by atoms with Crippen molar-refractivity contribution in [3.63, 3.8) is 0 Å². The summed E-state index contributed by atoms with van der Waals surface area (Å²) >= 11 is 0. The lowest BCUT2D eigenvalue weighted by atomic mass is 9.98. The van der Waals surface area contributed by atoms with Crippen LogP contribution in [0.5, 0.6) is 0 Å². The second kappa shape index (κ2) is 7.18. The molecule has 0 unspecified atom stereocenters. The summed E-state index contributed by atoms with van der Waals surface area (Å²) in [6.45, 7) is 8.42. The number of aromatic nitrogens is 1. The number of benzene rings is 1. The van der Waals surface area contributed by atoms with E-state index in [1.165, 1.54) is 12.3 Å². The number of carbonyl (C=O) groups excluding carboxylic acids is 1. The number of carbonyl (C=O) groups is 1. The molecule has 2 aromatic rings. The number of amides is 1. The Morgan fingerprint density at radius 3 is 2.44 bits per heavy atom. The van der Waals surface area contributed by atoms with E-state index in [-0.39, 0.29) is 28.1 Å². The zero-order chi connectivity index (χ0) is 19.8. The van der Waals surface area contributed by atoms with Crippen molar-refractivity contribution in [2.45, 2.75) is 50.1 Å². The Balaban J connectivity index is 1.81. The summed E-state index contributed by atoms with van der Waals surface area (Å²) in [6.07, 6.45) is 3.18. The average molecular weight is 391 g/mol. The first-order chi connectivity index (χ1) is 12.6. The number of primary sulfonamides is 1. The minimum absolute atomic E-state index is 0.00469. The van der Waals surface area contributed by atoms with Crippen molar-refractivity contribution in [2.75, 3.05) is 13.1 Å². The molecule has 1 aliphatic heterocycles. The van der Waals surface area contributed by atoms with Gasteiger partial charge in [0.15, 0.2) is 0 Å². The van der Waals surface area contributed by atoms with Gasteiger partial charge in [0.05, 0.1) is 4.90 Å². The zero-order valence-corrected chi connectivity index (χ0v) is 16.7. The van der Waals surface area contributed by atoms with E-state index in [4.69, 9.17) is 5.14 Å². The summed E-state index contributed by atoms with van der Waals surface area (Å²) in [5.74, 6) is -0.290. The Morgan fingerprint density at radius 2 is 1.85 bits per heavy atom. The quantitative estimate of drug-likeness (QED) is 0.832. The minimum Gasteiger partial charge on any atom is -0.348 e. The zero-order valence-electron chi connectivity index (χ0n) is 15.9. The van der Waals surface area contributed by atoms with Crippen LogP contribution < -0.4 is 10.5 Å². The second-order valence-electron chi connectivity index (χ2n) is 7.96. The van der Waals surface area contributed by atoms with E-state index in [1.54, 1.807) is 18.2 Å². The average Bonchev–Trinajstić information content (AvgIpc) is 2.59. The van der Waals surface area contributed by atoms with Crippen LogP contribution in [0.2, 0.25) is 0 Å². The second-order valence-corrected chi connectivity index (χ2v) is 9.49. The number of sulfonamides is 1. The highest BCUT2D eigenvalue weighted by molar-refractivity contribution is 7.89. The Kier molecular flexibility index (Phi) is 5.24. The number of fused-ring (bicyclic) bond motifs is 1.